The molecule has 0 aliphatic carbocycles. The van der Waals surface area contributed by atoms with E-state index in [2.05, 4.69) is 11.6 Å². The maximum Gasteiger partial charge on any atom is 0.499 e. The van der Waals surface area contributed by atoms with Gasteiger partial charge in [0, 0.05) is 6.61 Å². The van der Waals surface area contributed by atoms with E-state index in [4.69, 9.17) is 23.6 Å². The zero-order valence-electron chi connectivity index (χ0n) is 18.5. The number of hydrogen-bond acceptors (Lipinski definition) is 7. The molecule has 0 aliphatic rings. The van der Waals surface area contributed by atoms with E-state index in [9.17, 15) is 9.46 Å². The Morgan fingerprint density at radius 2 is 1.10 bits per heavy atom. The summed E-state index contributed by atoms with van der Waals surface area (Å²) in [6.07, 6.45) is 12.1. The number of unbranched alkanes of at least 4 members (excludes halogenated alkanes) is 9. The second-order valence-electron chi connectivity index (χ2n) is 6.80. The molecule has 0 aromatic carbocycles. The SMILES string of the molecule is CCCCCCCCCCCCOOP(=O)(O)OCCOCCOCCOCC. The molecule has 29 heavy (non-hydrogen) atoms. The molecule has 0 heterocycles. The van der Waals surface area contributed by atoms with Crippen LogP contribution in [0.25, 0.3) is 0 Å². The smallest absolute Gasteiger partial charge is 0.379 e. The molecule has 176 valence electrons. The Labute approximate surface area is 177 Å². The van der Waals surface area contributed by atoms with Gasteiger partial charge in [-0.2, -0.15) is 0 Å². The summed E-state index contributed by atoms with van der Waals surface area (Å²) in [5.74, 6) is 0. The van der Waals surface area contributed by atoms with Crippen LogP contribution in [0, 0.1) is 0 Å². The van der Waals surface area contributed by atoms with Crippen molar-refractivity contribution in [3.63, 3.8) is 0 Å². The summed E-state index contributed by atoms with van der Waals surface area (Å²) in [6.45, 7) is 7.10. The third kappa shape index (κ3) is 24.1. The van der Waals surface area contributed by atoms with Gasteiger partial charge in [0.25, 0.3) is 0 Å². The van der Waals surface area contributed by atoms with E-state index in [-0.39, 0.29) is 19.8 Å². The van der Waals surface area contributed by atoms with Crippen LogP contribution in [0.2, 0.25) is 0 Å². The number of hydrogen-bond donors (Lipinski definition) is 1. The number of phosphoric acid groups is 1. The summed E-state index contributed by atoms with van der Waals surface area (Å²) in [5, 5.41) is 0. The van der Waals surface area contributed by atoms with E-state index in [1.54, 1.807) is 0 Å². The lowest BCUT2D eigenvalue weighted by atomic mass is 10.1. The first kappa shape index (κ1) is 28.9. The molecule has 0 saturated heterocycles. The molecule has 0 fully saturated rings. The van der Waals surface area contributed by atoms with Gasteiger partial charge in [-0.1, -0.05) is 64.7 Å². The van der Waals surface area contributed by atoms with E-state index in [0.717, 1.165) is 19.3 Å². The van der Waals surface area contributed by atoms with Crippen LogP contribution >= 0.6 is 7.82 Å². The number of rotatable bonds is 24. The Morgan fingerprint density at radius 3 is 1.66 bits per heavy atom. The van der Waals surface area contributed by atoms with Crippen LogP contribution in [-0.2, 0) is 32.9 Å². The molecule has 1 unspecified atom stereocenters. The topological polar surface area (TPSA) is 92.7 Å². The van der Waals surface area contributed by atoms with Gasteiger partial charge in [0.05, 0.1) is 46.2 Å². The first-order chi connectivity index (χ1) is 14.1. The summed E-state index contributed by atoms with van der Waals surface area (Å²) in [7, 11) is -4.20. The molecule has 0 spiro atoms. The van der Waals surface area contributed by atoms with Gasteiger partial charge >= 0.3 is 7.82 Å². The Balaban J connectivity index is 3.31. The van der Waals surface area contributed by atoms with Crippen molar-refractivity contribution in [3.8, 4) is 0 Å². The first-order valence-electron chi connectivity index (χ1n) is 11.1. The molecule has 8 nitrogen and oxygen atoms in total. The van der Waals surface area contributed by atoms with Crippen LogP contribution < -0.4 is 0 Å². The minimum absolute atomic E-state index is 0.0612. The normalized spacial score (nSPS) is 13.6. The number of phosphoric ester groups is 1. The Morgan fingerprint density at radius 1 is 0.621 bits per heavy atom. The van der Waals surface area contributed by atoms with Crippen LogP contribution in [0.5, 0.6) is 0 Å². The largest absolute Gasteiger partial charge is 0.499 e. The third-order valence-electron chi connectivity index (χ3n) is 4.16. The average molecular weight is 443 g/mol. The van der Waals surface area contributed by atoms with E-state index in [1.165, 1.54) is 44.9 Å². The van der Waals surface area contributed by atoms with Crippen LogP contribution in [0.15, 0.2) is 0 Å². The fraction of sp³-hybridized carbons (Fsp3) is 1.00. The van der Waals surface area contributed by atoms with E-state index in [1.807, 2.05) is 6.92 Å². The molecule has 0 saturated carbocycles. The molecule has 0 aliphatic heterocycles. The summed E-state index contributed by atoms with van der Waals surface area (Å²) in [5.41, 5.74) is 0. The lowest BCUT2D eigenvalue weighted by molar-refractivity contribution is -0.225. The second-order valence-corrected chi connectivity index (χ2v) is 8.15. The highest BCUT2D eigenvalue weighted by Crippen LogP contribution is 2.43. The van der Waals surface area contributed by atoms with Crippen LogP contribution in [-0.4, -0.2) is 57.7 Å². The second kappa shape index (κ2) is 22.6. The Bertz CT molecular complexity index is 370. The standard InChI is InChI=1S/C20H43O8P/c1-3-5-6-7-8-9-10-11-12-13-14-26-28-29(21,22)27-20-19-25-18-17-24-16-15-23-4-2/h3-20H2,1-2H3,(H,21,22). The van der Waals surface area contributed by atoms with Gasteiger partial charge in [-0.3, -0.25) is 4.52 Å². The Hall–Kier alpha value is -0.0500. The van der Waals surface area contributed by atoms with Gasteiger partial charge in [-0.25, -0.2) is 9.45 Å². The zero-order chi connectivity index (χ0) is 21.5. The quantitative estimate of drug-likeness (QED) is 0.0962. The average Bonchev–Trinajstić information content (AvgIpc) is 2.70. The molecule has 0 radical (unpaired) electrons. The van der Waals surface area contributed by atoms with Gasteiger partial charge < -0.3 is 19.1 Å². The van der Waals surface area contributed by atoms with Crippen LogP contribution in [0.3, 0.4) is 0 Å². The van der Waals surface area contributed by atoms with Crippen molar-refractivity contribution in [1.82, 2.24) is 0 Å². The van der Waals surface area contributed by atoms with Crippen molar-refractivity contribution in [3.05, 3.63) is 0 Å². The zero-order valence-corrected chi connectivity index (χ0v) is 19.4. The minimum Gasteiger partial charge on any atom is -0.379 e. The lowest BCUT2D eigenvalue weighted by Gasteiger charge is -2.11. The molecule has 0 aromatic rings. The third-order valence-corrected chi connectivity index (χ3v) is 4.96. The number of ether oxygens (including phenoxy) is 3. The van der Waals surface area contributed by atoms with Crippen molar-refractivity contribution in [2.45, 2.75) is 78.1 Å². The summed E-state index contributed by atoms with van der Waals surface area (Å²) in [4.78, 5) is 14.3. The van der Waals surface area contributed by atoms with E-state index in [0.29, 0.717) is 33.0 Å². The van der Waals surface area contributed by atoms with Crippen molar-refractivity contribution in [1.29, 1.82) is 0 Å². The van der Waals surface area contributed by atoms with Gasteiger partial charge in [0.1, 0.15) is 0 Å². The maximum atomic E-state index is 11.6. The lowest BCUT2D eigenvalue weighted by Crippen LogP contribution is -2.11. The molecule has 0 rings (SSSR count). The van der Waals surface area contributed by atoms with Crippen molar-refractivity contribution >= 4 is 7.82 Å². The van der Waals surface area contributed by atoms with Gasteiger partial charge in [-0.15, -0.1) is 4.67 Å². The molecular formula is C20H43O8P. The predicted molar refractivity (Wildman–Crippen MR) is 113 cm³/mol. The van der Waals surface area contributed by atoms with E-state index >= 15 is 0 Å². The molecule has 1 N–H and O–H groups in total. The highest BCUT2D eigenvalue weighted by Gasteiger charge is 2.22. The monoisotopic (exact) mass is 442 g/mol. The highest BCUT2D eigenvalue weighted by molar-refractivity contribution is 7.47. The van der Waals surface area contributed by atoms with Crippen molar-refractivity contribution in [2.24, 2.45) is 0 Å². The van der Waals surface area contributed by atoms with Crippen LogP contribution in [0.1, 0.15) is 78.1 Å². The fourth-order valence-corrected chi connectivity index (χ4v) is 3.13. The molecule has 0 aromatic heterocycles. The highest BCUT2D eigenvalue weighted by atomic mass is 31.2. The van der Waals surface area contributed by atoms with Crippen LogP contribution in [0.4, 0.5) is 0 Å². The maximum absolute atomic E-state index is 11.6. The van der Waals surface area contributed by atoms with Crippen molar-refractivity contribution < 1.29 is 37.8 Å². The van der Waals surface area contributed by atoms with Gasteiger partial charge in [0.2, 0.25) is 0 Å². The predicted octanol–water partition coefficient (Wildman–Crippen LogP) is 5.04. The first-order valence-corrected chi connectivity index (χ1v) is 12.6. The fourth-order valence-electron chi connectivity index (χ4n) is 2.57. The molecule has 0 bridgehead atoms. The van der Waals surface area contributed by atoms with Gasteiger partial charge in [0.15, 0.2) is 0 Å². The molecule has 1 atom stereocenters. The van der Waals surface area contributed by atoms with E-state index < -0.39 is 7.82 Å². The summed E-state index contributed by atoms with van der Waals surface area (Å²) >= 11 is 0. The summed E-state index contributed by atoms with van der Waals surface area (Å²) < 4.78 is 36.5. The molecule has 0 amide bonds. The minimum atomic E-state index is -4.20. The molecular weight excluding hydrogens is 399 g/mol. The molecule has 9 heteroatoms. The Kier molecular flexibility index (Phi) is 22.6. The van der Waals surface area contributed by atoms with Gasteiger partial charge in [-0.05, 0) is 13.3 Å². The van der Waals surface area contributed by atoms with Crippen molar-refractivity contribution in [2.75, 3.05) is 52.9 Å². The summed E-state index contributed by atoms with van der Waals surface area (Å²) in [6, 6.07) is 0.